The van der Waals surface area contributed by atoms with Crippen LogP contribution in [0.15, 0.2) is 47.4 Å². The predicted octanol–water partition coefficient (Wildman–Crippen LogP) is 4.93. The summed E-state index contributed by atoms with van der Waals surface area (Å²) in [7, 11) is 0. The summed E-state index contributed by atoms with van der Waals surface area (Å²) in [6, 6.07) is 11.1. The molecular weight excluding hydrogens is 397 g/mol. The fraction of sp³-hybridized carbons (Fsp3) is 0.0556. The van der Waals surface area contributed by atoms with Crippen molar-refractivity contribution in [1.29, 1.82) is 0 Å². The van der Waals surface area contributed by atoms with Crippen LogP contribution in [0, 0.1) is 0 Å². The molecule has 132 valence electrons. The number of thioether (sulfide) groups is 1. The molecule has 1 fully saturated rings. The van der Waals surface area contributed by atoms with Gasteiger partial charge in [0, 0.05) is 10.0 Å². The average molecular weight is 408 g/mol. The number of imide groups is 1. The molecule has 0 saturated carbocycles. The summed E-state index contributed by atoms with van der Waals surface area (Å²) < 4.78 is 0. The normalized spacial score (nSPS) is 15.8. The number of carboxylic acids is 1. The van der Waals surface area contributed by atoms with Crippen LogP contribution >= 0.6 is 35.0 Å². The summed E-state index contributed by atoms with van der Waals surface area (Å²) in [6.07, 6.45) is 1.41. The SMILES string of the molecule is O=C(O)c1ccccc1/C=C1\SC(=O)N(Cc2ccc(Cl)cc2Cl)C1=O. The molecule has 1 saturated heterocycles. The first kappa shape index (κ1) is 18.5. The number of halogens is 2. The second kappa shape index (κ2) is 7.53. The van der Waals surface area contributed by atoms with Gasteiger partial charge in [0.05, 0.1) is 17.0 Å². The zero-order valence-electron chi connectivity index (χ0n) is 13.1. The van der Waals surface area contributed by atoms with Gasteiger partial charge in [-0.05, 0) is 47.2 Å². The zero-order chi connectivity index (χ0) is 18.8. The molecule has 0 aliphatic carbocycles. The minimum Gasteiger partial charge on any atom is -0.478 e. The third-order valence-corrected chi connectivity index (χ3v) is 5.19. The first-order chi connectivity index (χ1) is 12.4. The van der Waals surface area contributed by atoms with Crippen molar-refractivity contribution < 1.29 is 19.5 Å². The second-order valence-corrected chi connectivity index (χ2v) is 7.23. The fourth-order valence-corrected chi connectivity index (χ4v) is 3.71. The molecule has 0 bridgehead atoms. The van der Waals surface area contributed by atoms with Crippen molar-refractivity contribution in [2.45, 2.75) is 6.54 Å². The Kier molecular flexibility index (Phi) is 5.36. The minimum absolute atomic E-state index is 0.0125. The molecule has 0 aromatic heterocycles. The van der Waals surface area contributed by atoms with Gasteiger partial charge in [0.1, 0.15) is 0 Å². The number of aromatic carboxylic acids is 1. The van der Waals surface area contributed by atoms with Gasteiger partial charge in [-0.15, -0.1) is 0 Å². The zero-order valence-corrected chi connectivity index (χ0v) is 15.4. The van der Waals surface area contributed by atoms with E-state index < -0.39 is 17.1 Å². The van der Waals surface area contributed by atoms with Gasteiger partial charge in [0.2, 0.25) is 0 Å². The third kappa shape index (κ3) is 3.77. The van der Waals surface area contributed by atoms with Crippen molar-refractivity contribution in [3.8, 4) is 0 Å². The van der Waals surface area contributed by atoms with E-state index in [9.17, 15) is 19.5 Å². The van der Waals surface area contributed by atoms with Crippen LogP contribution < -0.4 is 0 Å². The lowest BCUT2D eigenvalue weighted by molar-refractivity contribution is -0.123. The van der Waals surface area contributed by atoms with E-state index in [0.29, 0.717) is 21.2 Å². The number of carboxylic acid groups (broad SMARTS) is 1. The van der Waals surface area contributed by atoms with Gasteiger partial charge in [0.15, 0.2) is 0 Å². The molecule has 26 heavy (non-hydrogen) atoms. The smallest absolute Gasteiger partial charge is 0.336 e. The summed E-state index contributed by atoms with van der Waals surface area (Å²) in [5, 5.41) is 9.60. The number of amides is 2. The fourth-order valence-electron chi connectivity index (χ4n) is 2.42. The standard InChI is InChI=1S/C18H11Cl2NO4S/c19-12-6-5-11(14(20)8-12)9-21-16(22)15(26-18(21)25)7-10-3-1-2-4-13(10)17(23)24/h1-8H,9H2,(H,23,24)/b15-7-. The highest BCUT2D eigenvalue weighted by atomic mass is 35.5. The van der Waals surface area contributed by atoms with Crippen LogP contribution in [-0.4, -0.2) is 27.1 Å². The van der Waals surface area contributed by atoms with Crippen LogP contribution in [0.2, 0.25) is 10.0 Å². The molecule has 0 radical (unpaired) electrons. The molecule has 3 rings (SSSR count). The van der Waals surface area contributed by atoms with E-state index in [1.54, 1.807) is 30.3 Å². The van der Waals surface area contributed by atoms with E-state index in [1.807, 2.05) is 0 Å². The first-order valence-electron chi connectivity index (χ1n) is 7.38. The highest BCUT2D eigenvalue weighted by Crippen LogP contribution is 2.35. The lowest BCUT2D eigenvalue weighted by Gasteiger charge is -2.13. The molecule has 1 aliphatic rings. The van der Waals surface area contributed by atoms with Crippen LogP contribution in [0.4, 0.5) is 4.79 Å². The predicted molar refractivity (Wildman–Crippen MR) is 101 cm³/mol. The number of nitrogens with zero attached hydrogens (tertiary/aromatic N) is 1. The first-order valence-corrected chi connectivity index (χ1v) is 8.95. The minimum atomic E-state index is -1.11. The van der Waals surface area contributed by atoms with Crippen molar-refractivity contribution in [2.24, 2.45) is 0 Å². The van der Waals surface area contributed by atoms with E-state index in [0.717, 1.165) is 16.7 Å². The van der Waals surface area contributed by atoms with Crippen molar-refractivity contribution in [1.82, 2.24) is 4.90 Å². The molecule has 0 unspecified atom stereocenters. The van der Waals surface area contributed by atoms with Crippen LogP contribution in [0.1, 0.15) is 21.5 Å². The molecule has 1 N–H and O–H groups in total. The summed E-state index contributed by atoms with van der Waals surface area (Å²) in [6.45, 7) is 0.0125. The molecule has 1 aliphatic heterocycles. The van der Waals surface area contributed by atoms with E-state index in [4.69, 9.17) is 23.2 Å². The third-order valence-electron chi connectivity index (χ3n) is 3.69. The van der Waals surface area contributed by atoms with Crippen LogP contribution in [0.5, 0.6) is 0 Å². The number of carbonyl (C=O) groups excluding carboxylic acids is 2. The van der Waals surface area contributed by atoms with E-state index >= 15 is 0 Å². The van der Waals surface area contributed by atoms with Gasteiger partial charge >= 0.3 is 5.97 Å². The maximum atomic E-state index is 12.6. The largest absolute Gasteiger partial charge is 0.478 e. The Labute approximate surface area is 163 Å². The quantitative estimate of drug-likeness (QED) is 0.727. The molecule has 8 heteroatoms. The Morgan fingerprint density at radius 1 is 1.15 bits per heavy atom. The number of carbonyl (C=O) groups is 3. The summed E-state index contributed by atoms with van der Waals surface area (Å²) in [5.74, 6) is -1.60. The van der Waals surface area contributed by atoms with Crippen molar-refractivity contribution >= 4 is 58.2 Å². The van der Waals surface area contributed by atoms with Crippen molar-refractivity contribution in [2.75, 3.05) is 0 Å². The van der Waals surface area contributed by atoms with Gasteiger partial charge < -0.3 is 5.11 Å². The molecule has 2 aromatic carbocycles. The lowest BCUT2D eigenvalue weighted by atomic mass is 10.1. The molecule has 2 aromatic rings. The number of hydrogen-bond donors (Lipinski definition) is 1. The Balaban J connectivity index is 1.89. The summed E-state index contributed by atoms with van der Waals surface area (Å²) in [5.41, 5.74) is 1.00. The van der Waals surface area contributed by atoms with Gasteiger partial charge in [0.25, 0.3) is 11.1 Å². The monoisotopic (exact) mass is 407 g/mol. The number of benzene rings is 2. The van der Waals surface area contributed by atoms with Gasteiger partial charge in [-0.3, -0.25) is 14.5 Å². The lowest BCUT2D eigenvalue weighted by Crippen LogP contribution is -2.27. The van der Waals surface area contributed by atoms with Gasteiger partial charge in [-0.2, -0.15) is 0 Å². The van der Waals surface area contributed by atoms with E-state index in [-0.39, 0.29) is 17.0 Å². The molecular formula is C18H11Cl2NO4S. The number of hydrogen-bond acceptors (Lipinski definition) is 4. The second-order valence-electron chi connectivity index (χ2n) is 5.40. The summed E-state index contributed by atoms with van der Waals surface area (Å²) >= 11 is 12.7. The maximum absolute atomic E-state index is 12.6. The molecule has 5 nitrogen and oxygen atoms in total. The number of rotatable bonds is 4. The average Bonchev–Trinajstić information content (AvgIpc) is 2.85. The Morgan fingerprint density at radius 2 is 1.88 bits per heavy atom. The highest BCUT2D eigenvalue weighted by molar-refractivity contribution is 8.18. The van der Waals surface area contributed by atoms with E-state index in [1.165, 1.54) is 18.2 Å². The van der Waals surface area contributed by atoms with Crippen molar-refractivity contribution in [3.05, 3.63) is 74.1 Å². The maximum Gasteiger partial charge on any atom is 0.336 e. The molecule has 0 spiro atoms. The highest BCUT2D eigenvalue weighted by Gasteiger charge is 2.35. The molecule has 2 amide bonds. The Hall–Kier alpha value is -2.28. The summed E-state index contributed by atoms with van der Waals surface area (Å²) in [4.78, 5) is 37.3. The van der Waals surface area contributed by atoms with Gasteiger partial charge in [-0.25, -0.2) is 4.79 Å². The van der Waals surface area contributed by atoms with Crippen LogP contribution in [0.25, 0.3) is 6.08 Å². The molecule has 0 atom stereocenters. The van der Waals surface area contributed by atoms with Gasteiger partial charge in [-0.1, -0.05) is 47.5 Å². The van der Waals surface area contributed by atoms with Crippen LogP contribution in [0.3, 0.4) is 0 Å². The molecule has 1 heterocycles. The van der Waals surface area contributed by atoms with Crippen molar-refractivity contribution in [3.63, 3.8) is 0 Å². The Morgan fingerprint density at radius 3 is 2.58 bits per heavy atom. The topological polar surface area (TPSA) is 74.7 Å². The van der Waals surface area contributed by atoms with Crippen LogP contribution in [-0.2, 0) is 11.3 Å². The van der Waals surface area contributed by atoms with E-state index in [2.05, 4.69) is 0 Å². The Bertz CT molecular complexity index is 958.